The van der Waals surface area contributed by atoms with E-state index in [0.717, 1.165) is 11.3 Å². The van der Waals surface area contributed by atoms with Crippen molar-refractivity contribution < 1.29 is 4.42 Å². The average molecular weight is 95.1 g/mol. The Bertz CT molecular complexity index is 136. The van der Waals surface area contributed by atoms with Crippen molar-refractivity contribution in [2.75, 3.05) is 0 Å². The first-order chi connectivity index (χ1) is 3.29. The average Bonchev–Trinajstić information content (AvgIpc) is 1.87. The quantitative estimate of drug-likeness (QED) is 0.478. The van der Waals surface area contributed by atoms with Gasteiger partial charge in [0.15, 0.2) is 0 Å². The van der Waals surface area contributed by atoms with E-state index in [1.54, 1.807) is 6.26 Å². The highest BCUT2D eigenvalue weighted by molar-refractivity contribution is 5.05. The third-order valence-electron chi connectivity index (χ3n) is 0.786. The van der Waals surface area contributed by atoms with Crippen molar-refractivity contribution in [1.29, 1.82) is 0 Å². The molecule has 1 radical (unpaired) electrons. The third-order valence-corrected chi connectivity index (χ3v) is 0.786. The molecule has 1 rings (SSSR count). The number of aryl methyl sites for hydroxylation is 2. The fourth-order valence-electron chi connectivity index (χ4n) is 0.513. The van der Waals surface area contributed by atoms with Gasteiger partial charge in [0, 0.05) is 6.07 Å². The minimum Gasteiger partial charge on any atom is -0.469 e. The lowest BCUT2D eigenvalue weighted by Gasteiger charge is -1.68. The van der Waals surface area contributed by atoms with Gasteiger partial charge in [0.25, 0.3) is 0 Å². The normalized spacial score (nSPS) is 9.43. The summed E-state index contributed by atoms with van der Waals surface area (Å²) in [6, 6.07) is 2.97. The highest BCUT2D eigenvalue weighted by atomic mass is 16.3. The molecule has 1 aromatic heterocycles. The van der Waals surface area contributed by atoms with Gasteiger partial charge in [-0.15, -0.1) is 0 Å². The van der Waals surface area contributed by atoms with E-state index in [1.807, 2.05) is 13.8 Å². The first kappa shape index (κ1) is 4.44. The van der Waals surface area contributed by atoms with Crippen LogP contribution in [0.25, 0.3) is 0 Å². The standard InChI is InChI=1S/C6H7O/c1-5-3-6(2)7-4-5/h4H,1-2H3. The molecule has 0 saturated carbocycles. The van der Waals surface area contributed by atoms with Crippen molar-refractivity contribution in [3.8, 4) is 0 Å². The highest BCUT2D eigenvalue weighted by Crippen LogP contribution is 2.00. The van der Waals surface area contributed by atoms with Crippen LogP contribution in [0.4, 0.5) is 0 Å². The molecule has 0 bridgehead atoms. The van der Waals surface area contributed by atoms with Crippen LogP contribution >= 0.6 is 0 Å². The monoisotopic (exact) mass is 95.0 g/mol. The molecular weight excluding hydrogens is 88.1 g/mol. The summed E-state index contributed by atoms with van der Waals surface area (Å²) in [5.74, 6) is 0.859. The van der Waals surface area contributed by atoms with Crippen LogP contribution in [0.1, 0.15) is 11.3 Å². The number of rotatable bonds is 0. The van der Waals surface area contributed by atoms with Crippen LogP contribution in [-0.2, 0) is 0 Å². The number of hydrogen-bond donors (Lipinski definition) is 0. The van der Waals surface area contributed by atoms with Crippen LogP contribution in [0, 0.1) is 19.9 Å². The molecule has 1 heteroatoms. The Hall–Kier alpha value is -0.720. The molecule has 1 heterocycles. The van der Waals surface area contributed by atoms with Gasteiger partial charge in [0.05, 0.1) is 6.26 Å². The van der Waals surface area contributed by atoms with Crippen LogP contribution in [-0.4, -0.2) is 0 Å². The molecule has 0 N–H and O–H groups in total. The molecule has 0 spiro atoms. The third kappa shape index (κ3) is 0.829. The van der Waals surface area contributed by atoms with Gasteiger partial charge in [0.2, 0.25) is 0 Å². The molecule has 37 valence electrons. The molecule has 0 aliphatic carbocycles. The van der Waals surface area contributed by atoms with Crippen molar-refractivity contribution in [2.45, 2.75) is 13.8 Å². The minimum atomic E-state index is 0.859. The van der Waals surface area contributed by atoms with Gasteiger partial charge >= 0.3 is 0 Å². The van der Waals surface area contributed by atoms with Crippen LogP contribution in [0.15, 0.2) is 10.7 Å². The second-order valence-electron chi connectivity index (χ2n) is 1.60. The molecule has 0 amide bonds. The first-order valence-corrected chi connectivity index (χ1v) is 2.23. The van der Waals surface area contributed by atoms with Crippen molar-refractivity contribution in [3.05, 3.63) is 23.7 Å². The molecule has 1 nitrogen and oxygen atoms in total. The lowest BCUT2D eigenvalue weighted by atomic mass is 10.4. The number of hydrogen-bond acceptors (Lipinski definition) is 1. The van der Waals surface area contributed by atoms with E-state index < -0.39 is 0 Å². The molecule has 0 aliphatic heterocycles. The SMILES string of the molecule is Cc1[c]c(C)oc1. The van der Waals surface area contributed by atoms with E-state index in [2.05, 4.69) is 6.07 Å². The Labute approximate surface area is 43.0 Å². The van der Waals surface area contributed by atoms with Gasteiger partial charge in [-0.05, 0) is 19.4 Å². The summed E-state index contributed by atoms with van der Waals surface area (Å²) in [6.45, 7) is 3.84. The maximum absolute atomic E-state index is 4.91. The van der Waals surface area contributed by atoms with Crippen LogP contribution < -0.4 is 0 Å². The minimum absolute atomic E-state index is 0.859. The zero-order chi connectivity index (χ0) is 5.28. The Balaban J connectivity index is 3.04. The van der Waals surface area contributed by atoms with Crippen LogP contribution in [0.5, 0.6) is 0 Å². The van der Waals surface area contributed by atoms with Crippen molar-refractivity contribution in [3.63, 3.8) is 0 Å². The van der Waals surface area contributed by atoms with E-state index >= 15 is 0 Å². The Morgan fingerprint density at radius 1 is 1.57 bits per heavy atom. The second-order valence-corrected chi connectivity index (χ2v) is 1.60. The van der Waals surface area contributed by atoms with Crippen molar-refractivity contribution in [2.24, 2.45) is 0 Å². The highest BCUT2D eigenvalue weighted by Gasteiger charge is 1.87. The summed E-state index contributed by atoms with van der Waals surface area (Å²) in [5, 5.41) is 0. The van der Waals surface area contributed by atoms with Gasteiger partial charge in [-0.2, -0.15) is 0 Å². The van der Waals surface area contributed by atoms with E-state index in [0.29, 0.717) is 0 Å². The zero-order valence-corrected chi connectivity index (χ0v) is 4.49. The largest absolute Gasteiger partial charge is 0.469 e. The lowest BCUT2D eigenvalue weighted by Crippen LogP contribution is -1.55. The van der Waals surface area contributed by atoms with E-state index in [1.165, 1.54) is 0 Å². The van der Waals surface area contributed by atoms with E-state index in [4.69, 9.17) is 4.42 Å². The summed E-state index contributed by atoms with van der Waals surface area (Å²) >= 11 is 0. The first-order valence-electron chi connectivity index (χ1n) is 2.23. The van der Waals surface area contributed by atoms with Gasteiger partial charge in [-0.3, -0.25) is 0 Å². The molecule has 0 aromatic carbocycles. The van der Waals surface area contributed by atoms with Crippen LogP contribution in [0.3, 0.4) is 0 Å². The molecule has 1 aromatic rings. The molecular formula is C6H7O. The second kappa shape index (κ2) is 1.41. The maximum Gasteiger partial charge on any atom is 0.108 e. The fraction of sp³-hybridized carbons (Fsp3) is 0.333. The summed E-state index contributed by atoms with van der Waals surface area (Å²) in [5.41, 5.74) is 1.07. The Morgan fingerprint density at radius 2 is 2.29 bits per heavy atom. The lowest BCUT2D eigenvalue weighted by molar-refractivity contribution is 0.532. The molecule has 0 atom stereocenters. The molecule has 7 heavy (non-hydrogen) atoms. The maximum atomic E-state index is 4.91. The molecule has 0 aliphatic rings. The van der Waals surface area contributed by atoms with Crippen molar-refractivity contribution in [1.82, 2.24) is 0 Å². The van der Waals surface area contributed by atoms with Crippen LogP contribution in [0.2, 0.25) is 0 Å². The van der Waals surface area contributed by atoms with Gasteiger partial charge in [0.1, 0.15) is 5.76 Å². The van der Waals surface area contributed by atoms with Gasteiger partial charge < -0.3 is 4.42 Å². The Morgan fingerprint density at radius 3 is 2.43 bits per heavy atom. The fourth-order valence-corrected chi connectivity index (χ4v) is 0.513. The summed E-state index contributed by atoms with van der Waals surface area (Å²) < 4.78 is 4.91. The summed E-state index contributed by atoms with van der Waals surface area (Å²) in [7, 11) is 0. The van der Waals surface area contributed by atoms with E-state index in [-0.39, 0.29) is 0 Å². The molecule has 0 fully saturated rings. The van der Waals surface area contributed by atoms with Crippen molar-refractivity contribution >= 4 is 0 Å². The van der Waals surface area contributed by atoms with Gasteiger partial charge in [-0.1, -0.05) is 0 Å². The van der Waals surface area contributed by atoms with Gasteiger partial charge in [-0.25, -0.2) is 0 Å². The van der Waals surface area contributed by atoms with E-state index in [9.17, 15) is 0 Å². The Kier molecular flexibility index (Phi) is 0.895. The predicted octanol–water partition coefficient (Wildman–Crippen LogP) is 1.70. The summed E-state index contributed by atoms with van der Waals surface area (Å²) in [6.07, 6.45) is 1.69. The summed E-state index contributed by atoms with van der Waals surface area (Å²) in [4.78, 5) is 0. The zero-order valence-electron chi connectivity index (χ0n) is 4.49. The molecule has 0 unspecified atom stereocenters. The number of furan rings is 1. The smallest absolute Gasteiger partial charge is 0.108 e. The predicted molar refractivity (Wildman–Crippen MR) is 27.0 cm³/mol. The topological polar surface area (TPSA) is 13.1 Å². The molecule has 0 saturated heterocycles.